The van der Waals surface area contributed by atoms with E-state index in [9.17, 15) is 18.9 Å². The molecular formula is C14H19F2N3O2. The fraction of sp³-hybridized carbons (Fsp3) is 0.571. The Morgan fingerprint density at radius 1 is 1.43 bits per heavy atom. The summed E-state index contributed by atoms with van der Waals surface area (Å²) in [6.45, 7) is 1.18. The summed E-state index contributed by atoms with van der Waals surface area (Å²) < 4.78 is 26.5. The number of hydrogen-bond donors (Lipinski definition) is 1. The first kappa shape index (κ1) is 15.6. The maximum atomic E-state index is 13.3. The number of nitrogens with zero attached hydrogens (tertiary/aromatic N) is 2. The highest BCUT2D eigenvalue weighted by atomic mass is 19.3. The van der Waals surface area contributed by atoms with Gasteiger partial charge in [-0.1, -0.05) is 0 Å². The van der Waals surface area contributed by atoms with Crippen LogP contribution in [0.25, 0.3) is 0 Å². The Bertz CT molecular complexity index is 509. The van der Waals surface area contributed by atoms with Gasteiger partial charge in [0, 0.05) is 36.0 Å². The summed E-state index contributed by atoms with van der Waals surface area (Å²) >= 11 is 0. The normalized spacial score (nSPS) is 19.0. The summed E-state index contributed by atoms with van der Waals surface area (Å²) in [5, 5.41) is 10.8. The van der Waals surface area contributed by atoms with Crippen LogP contribution in [0.1, 0.15) is 37.7 Å². The molecule has 5 nitrogen and oxygen atoms in total. The Balaban J connectivity index is 2.38. The molecule has 0 saturated carbocycles. The number of nitro groups is 1. The predicted octanol–water partition coefficient (Wildman–Crippen LogP) is 3.24. The van der Waals surface area contributed by atoms with Gasteiger partial charge in [0.25, 0.3) is 12.1 Å². The molecule has 7 heteroatoms. The molecule has 1 aliphatic rings. The van der Waals surface area contributed by atoms with Gasteiger partial charge in [-0.25, -0.2) is 8.78 Å². The molecule has 2 rings (SSSR count). The van der Waals surface area contributed by atoms with E-state index < -0.39 is 11.3 Å². The van der Waals surface area contributed by atoms with E-state index in [2.05, 4.69) is 0 Å². The van der Waals surface area contributed by atoms with Crippen LogP contribution < -0.4 is 10.6 Å². The van der Waals surface area contributed by atoms with Crippen molar-refractivity contribution in [1.29, 1.82) is 0 Å². The lowest BCUT2D eigenvalue weighted by Crippen LogP contribution is -2.41. The van der Waals surface area contributed by atoms with E-state index in [0.717, 1.165) is 31.7 Å². The van der Waals surface area contributed by atoms with E-state index in [4.69, 9.17) is 5.73 Å². The molecule has 1 heterocycles. The second-order valence-electron chi connectivity index (χ2n) is 5.22. The van der Waals surface area contributed by atoms with Crippen LogP contribution in [-0.2, 0) is 0 Å². The first-order valence-corrected chi connectivity index (χ1v) is 7.07. The molecule has 1 aliphatic heterocycles. The second-order valence-corrected chi connectivity index (χ2v) is 5.22. The lowest BCUT2D eigenvalue weighted by molar-refractivity contribution is -0.385. The zero-order chi connectivity index (χ0) is 15.4. The molecule has 0 radical (unpaired) electrons. The van der Waals surface area contributed by atoms with Crippen molar-refractivity contribution < 1.29 is 13.7 Å². The maximum absolute atomic E-state index is 13.3. The second kappa shape index (κ2) is 6.80. The fourth-order valence-electron chi connectivity index (χ4n) is 2.90. The van der Waals surface area contributed by atoms with Crippen LogP contribution in [-0.4, -0.2) is 24.1 Å². The van der Waals surface area contributed by atoms with Gasteiger partial charge in [-0.3, -0.25) is 10.1 Å². The number of benzene rings is 1. The Kier molecular flexibility index (Phi) is 5.06. The summed E-state index contributed by atoms with van der Waals surface area (Å²) in [6.07, 6.45) is 0.899. The van der Waals surface area contributed by atoms with Gasteiger partial charge in [0.05, 0.1) is 4.92 Å². The Morgan fingerprint density at radius 3 is 2.81 bits per heavy atom. The van der Waals surface area contributed by atoms with Crippen molar-refractivity contribution in [3.8, 4) is 0 Å². The lowest BCUT2D eigenvalue weighted by atomic mass is 9.97. The zero-order valence-corrected chi connectivity index (χ0v) is 11.7. The fourth-order valence-corrected chi connectivity index (χ4v) is 2.90. The van der Waals surface area contributed by atoms with Gasteiger partial charge >= 0.3 is 0 Å². The Labute approximate surface area is 121 Å². The molecule has 116 valence electrons. The van der Waals surface area contributed by atoms with Crippen molar-refractivity contribution >= 4 is 11.4 Å². The lowest BCUT2D eigenvalue weighted by Gasteiger charge is -2.38. The number of nitrogens with two attached hydrogens (primary N) is 1. The number of nitro benzene ring substituents is 1. The quantitative estimate of drug-likeness (QED) is 0.669. The van der Waals surface area contributed by atoms with Crippen LogP contribution in [0.3, 0.4) is 0 Å². The average molecular weight is 299 g/mol. The van der Waals surface area contributed by atoms with Gasteiger partial charge in [0.2, 0.25) is 0 Å². The number of rotatable bonds is 5. The smallest absolute Gasteiger partial charge is 0.270 e. The van der Waals surface area contributed by atoms with Crippen molar-refractivity contribution in [2.45, 2.75) is 38.2 Å². The molecule has 0 aliphatic carbocycles. The zero-order valence-electron chi connectivity index (χ0n) is 11.7. The van der Waals surface area contributed by atoms with Crippen molar-refractivity contribution in [3.05, 3.63) is 33.9 Å². The maximum Gasteiger partial charge on any atom is 0.270 e. The minimum atomic E-state index is -2.74. The molecule has 21 heavy (non-hydrogen) atoms. The van der Waals surface area contributed by atoms with E-state index in [0.29, 0.717) is 18.8 Å². The minimum absolute atomic E-state index is 0.128. The SMILES string of the molecule is NCCC1CCCCN1c1ccc([N+](=O)[O-])cc1C(F)F. The van der Waals surface area contributed by atoms with Crippen molar-refractivity contribution in [3.63, 3.8) is 0 Å². The monoisotopic (exact) mass is 299 g/mol. The van der Waals surface area contributed by atoms with Gasteiger partial charge in [0.15, 0.2) is 0 Å². The van der Waals surface area contributed by atoms with E-state index in [1.54, 1.807) is 0 Å². The van der Waals surface area contributed by atoms with E-state index in [-0.39, 0.29) is 17.3 Å². The van der Waals surface area contributed by atoms with Crippen LogP contribution in [0, 0.1) is 10.1 Å². The highest BCUT2D eigenvalue weighted by Gasteiger charge is 2.27. The van der Waals surface area contributed by atoms with E-state index in [1.807, 2.05) is 4.90 Å². The molecule has 0 bridgehead atoms. The summed E-state index contributed by atoms with van der Waals surface area (Å²) in [5.74, 6) is 0. The van der Waals surface area contributed by atoms with Gasteiger partial charge in [-0.05, 0) is 38.3 Å². The summed E-state index contributed by atoms with van der Waals surface area (Å²) in [4.78, 5) is 12.0. The van der Waals surface area contributed by atoms with E-state index >= 15 is 0 Å². The first-order chi connectivity index (χ1) is 10.0. The number of alkyl halides is 2. The Morgan fingerprint density at radius 2 is 2.19 bits per heavy atom. The van der Waals surface area contributed by atoms with Crippen molar-refractivity contribution in [1.82, 2.24) is 0 Å². The number of halogens is 2. The topological polar surface area (TPSA) is 72.4 Å². The first-order valence-electron chi connectivity index (χ1n) is 7.07. The summed E-state index contributed by atoms with van der Waals surface area (Å²) in [6, 6.07) is 3.83. The number of piperidine rings is 1. The van der Waals surface area contributed by atoms with Crippen LogP contribution in [0.2, 0.25) is 0 Å². The molecule has 1 aromatic rings. The largest absolute Gasteiger partial charge is 0.368 e. The molecule has 1 aromatic carbocycles. The van der Waals surface area contributed by atoms with Crippen LogP contribution >= 0.6 is 0 Å². The van der Waals surface area contributed by atoms with Gasteiger partial charge in [-0.15, -0.1) is 0 Å². The third-order valence-corrected chi connectivity index (χ3v) is 3.89. The molecule has 2 N–H and O–H groups in total. The molecule has 1 atom stereocenters. The number of anilines is 1. The highest BCUT2D eigenvalue weighted by Crippen LogP contribution is 2.36. The third kappa shape index (κ3) is 3.47. The van der Waals surface area contributed by atoms with Crippen LogP contribution in [0.4, 0.5) is 20.2 Å². The van der Waals surface area contributed by atoms with Crippen LogP contribution in [0.15, 0.2) is 18.2 Å². The Hall–Kier alpha value is -1.76. The van der Waals surface area contributed by atoms with Crippen molar-refractivity contribution in [2.24, 2.45) is 5.73 Å². The highest BCUT2D eigenvalue weighted by molar-refractivity contribution is 5.59. The molecule has 0 spiro atoms. The third-order valence-electron chi connectivity index (χ3n) is 3.89. The molecular weight excluding hydrogens is 280 g/mol. The predicted molar refractivity (Wildman–Crippen MR) is 76.7 cm³/mol. The average Bonchev–Trinajstić information content (AvgIpc) is 2.47. The summed E-state index contributed by atoms with van der Waals surface area (Å²) in [5.41, 5.74) is 5.42. The van der Waals surface area contributed by atoms with Gasteiger partial charge < -0.3 is 10.6 Å². The van der Waals surface area contributed by atoms with E-state index in [1.165, 1.54) is 12.1 Å². The molecule has 0 aromatic heterocycles. The van der Waals surface area contributed by atoms with Crippen molar-refractivity contribution in [2.75, 3.05) is 18.0 Å². The van der Waals surface area contributed by atoms with Gasteiger partial charge in [0.1, 0.15) is 0 Å². The van der Waals surface area contributed by atoms with Gasteiger partial charge in [-0.2, -0.15) is 0 Å². The summed E-state index contributed by atoms with van der Waals surface area (Å²) in [7, 11) is 0. The molecule has 1 fully saturated rings. The molecule has 1 saturated heterocycles. The standard InChI is InChI=1S/C14H19F2N3O2/c15-14(16)12-9-11(19(20)21)4-5-13(12)18-8-2-1-3-10(18)6-7-17/h4-5,9-10,14H,1-3,6-8,17H2. The van der Waals surface area contributed by atoms with Crippen LogP contribution in [0.5, 0.6) is 0 Å². The number of hydrogen-bond acceptors (Lipinski definition) is 4. The minimum Gasteiger partial charge on any atom is -0.368 e. The number of non-ortho nitro benzene ring substituents is 1. The molecule has 0 amide bonds. The molecule has 1 unspecified atom stereocenters.